The van der Waals surface area contributed by atoms with Crippen LogP contribution in [0.5, 0.6) is 0 Å². The molecule has 0 aromatic carbocycles. The Kier molecular flexibility index (Phi) is 9.53. The second-order valence-corrected chi connectivity index (χ2v) is 8.38. The van der Waals surface area contributed by atoms with Crippen molar-refractivity contribution in [1.29, 1.82) is 0 Å². The third kappa shape index (κ3) is 8.10. The molecule has 0 radical (unpaired) electrons. The van der Waals surface area contributed by atoms with E-state index in [1.165, 1.54) is 37.0 Å². The van der Waals surface area contributed by atoms with E-state index in [9.17, 15) is 9.59 Å². The number of hydrogen-bond donors (Lipinski definition) is 2. The topological polar surface area (TPSA) is 112 Å². The fourth-order valence-corrected chi connectivity index (χ4v) is 3.88. The molecule has 0 saturated heterocycles. The Labute approximate surface area is 172 Å². The van der Waals surface area contributed by atoms with Crippen molar-refractivity contribution in [2.75, 3.05) is 27.7 Å². The number of nitrogens with zero attached hydrogens (tertiary/aromatic N) is 4. The maximum atomic E-state index is 11.8. The molecule has 2 N–H and O–H groups in total. The Balaban J connectivity index is 1.91. The zero-order valence-corrected chi connectivity index (χ0v) is 17.9. The highest BCUT2D eigenvalue weighted by atomic mass is 16.5. The van der Waals surface area contributed by atoms with Crippen molar-refractivity contribution in [2.24, 2.45) is 5.92 Å². The van der Waals surface area contributed by atoms with E-state index in [0.29, 0.717) is 18.3 Å². The highest BCUT2D eigenvalue weighted by molar-refractivity contribution is 5.77. The predicted octanol–water partition coefficient (Wildman–Crippen LogP) is 2.32. The maximum Gasteiger partial charge on any atom is 0.244 e. The Bertz CT molecular complexity index is 643. The molecule has 1 aromatic rings. The predicted molar refractivity (Wildman–Crippen MR) is 107 cm³/mol. The summed E-state index contributed by atoms with van der Waals surface area (Å²) >= 11 is 0. The van der Waals surface area contributed by atoms with Crippen molar-refractivity contribution in [1.82, 2.24) is 25.4 Å². The van der Waals surface area contributed by atoms with E-state index in [2.05, 4.69) is 10.1 Å². The van der Waals surface area contributed by atoms with Gasteiger partial charge in [-0.2, -0.15) is 4.98 Å². The van der Waals surface area contributed by atoms with Crippen LogP contribution in [0.4, 0.5) is 0 Å². The van der Waals surface area contributed by atoms with Gasteiger partial charge in [-0.15, -0.1) is 0 Å². The summed E-state index contributed by atoms with van der Waals surface area (Å²) in [5.74, 6) is 0.991. The average Bonchev–Trinajstić information content (AvgIpc) is 3.15. The van der Waals surface area contributed by atoms with E-state index in [1.807, 2.05) is 11.9 Å². The minimum atomic E-state index is -0.457. The quantitative estimate of drug-likeness (QED) is 0.426. The van der Waals surface area contributed by atoms with Gasteiger partial charge in [-0.05, 0) is 19.4 Å². The summed E-state index contributed by atoms with van der Waals surface area (Å²) in [7, 11) is 5.25. The molecule has 9 heteroatoms. The first-order valence-electron chi connectivity index (χ1n) is 10.5. The molecule has 0 spiro atoms. The molecule has 1 fully saturated rings. The Morgan fingerprint density at radius 3 is 2.62 bits per heavy atom. The summed E-state index contributed by atoms with van der Waals surface area (Å²) in [6.45, 7) is 0.638. The fraction of sp³-hybridized carbons (Fsp3) is 0.800. The molecule has 2 rings (SSSR count). The fourth-order valence-electron chi connectivity index (χ4n) is 3.88. The normalized spacial score (nSPS) is 16.0. The van der Waals surface area contributed by atoms with Gasteiger partial charge in [0, 0.05) is 26.4 Å². The second kappa shape index (κ2) is 11.9. The Morgan fingerprint density at radius 2 is 1.97 bits per heavy atom. The SMILES string of the molecule is CN(CC(=O)N(C)C)Cc1noc([C@H](CCCC2CCCCC2)CC(=O)NO)n1. The van der Waals surface area contributed by atoms with Gasteiger partial charge < -0.3 is 9.42 Å². The van der Waals surface area contributed by atoms with Crippen LogP contribution in [0.3, 0.4) is 0 Å². The minimum Gasteiger partial charge on any atom is -0.348 e. The van der Waals surface area contributed by atoms with Crippen molar-refractivity contribution in [2.45, 2.75) is 70.3 Å². The van der Waals surface area contributed by atoms with E-state index in [1.54, 1.807) is 19.6 Å². The van der Waals surface area contributed by atoms with Gasteiger partial charge in [0.05, 0.1) is 13.1 Å². The molecule has 2 amide bonds. The van der Waals surface area contributed by atoms with Crippen LogP contribution >= 0.6 is 0 Å². The van der Waals surface area contributed by atoms with Crippen LogP contribution in [0.2, 0.25) is 0 Å². The smallest absolute Gasteiger partial charge is 0.244 e. The van der Waals surface area contributed by atoms with Gasteiger partial charge in [-0.3, -0.25) is 19.7 Å². The number of hydrogen-bond acceptors (Lipinski definition) is 7. The van der Waals surface area contributed by atoms with Crippen LogP contribution in [-0.4, -0.2) is 64.6 Å². The van der Waals surface area contributed by atoms with Gasteiger partial charge in [0.2, 0.25) is 17.7 Å². The molecular weight excluding hydrogens is 374 g/mol. The van der Waals surface area contributed by atoms with E-state index in [0.717, 1.165) is 25.2 Å². The standard InChI is InChI=1S/C20H35N5O4/c1-24(2)19(27)14-25(3)13-17-21-20(29-23-17)16(12-18(26)22-28)11-7-10-15-8-5-4-6-9-15/h15-16,28H,4-14H2,1-3H3,(H,22,26)/t16-/m1/s1. The Morgan fingerprint density at radius 1 is 1.24 bits per heavy atom. The average molecular weight is 410 g/mol. The van der Waals surface area contributed by atoms with Gasteiger partial charge >= 0.3 is 0 Å². The molecule has 0 unspecified atom stereocenters. The molecular formula is C20H35N5O4. The first kappa shape index (κ1) is 23.3. The Hall–Kier alpha value is -2.00. The van der Waals surface area contributed by atoms with Gasteiger partial charge in [0.1, 0.15) is 0 Å². The summed E-state index contributed by atoms with van der Waals surface area (Å²) in [4.78, 5) is 31.3. The lowest BCUT2D eigenvalue weighted by Crippen LogP contribution is -2.34. The van der Waals surface area contributed by atoms with Gasteiger partial charge in [-0.25, -0.2) is 5.48 Å². The number of rotatable bonds is 11. The van der Waals surface area contributed by atoms with E-state index < -0.39 is 5.91 Å². The van der Waals surface area contributed by atoms with Crippen LogP contribution in [0.15, 0.2) is 4.52 Å². The number of nitrogens with one attached hydrogen (secondary N) is 1. The highest BCUT2D eigenvalue weighted by Gasteiger charge is 2.24. The van der Waals surface area contributed by atoms with Crippen LogP contribution in [0.1, 0.15) is 75.4 Å². The monoisotopic (exact) mass is 409 g/mol. The van der Waals surface area contributed by atoms with E-state index in [-0.39, 0.29) is 24.8 Å². The lowest BCUT2D eigenvalue weighted by molar-refractivity contribution is -0.130. The van der Waals surface area contributed by atoms with Gasteiger partial charge in [0.15, 0.2) is 5.82 Å². The number of amides is 2. The summed E-state index contributed by atoms with van der Waals surface area (Å²) in [6, 6.07) is 0. The first-order chi connectivity index (χ1) is 13.9. The zero-order valence-electron chi connectivity index (χ0n) is 17.9. The third-order valence-electron chi connectivity index (χ3n) is 5.59. The molecule has 0 aliphatic heterocycles. The minimum absolute atomic E-state index is 0.00331. The number of carbonyl (C=O) groups excluding carboxylic acids is 2. The summed E-state index contributed by atoms with van der Waals surface area (Å²) in [5.41, 5.74) is 1.70. The molecule has 1 saturated carbocycles. The number of aromatic nitrogens is 2. The van der Waals surface area contributed by atoms with E-state index >= 15 is 0 Å². The van der Waals surface area contributed by atoms with Crippen molar-refractivity contribution in [3.63, 3.8) is 0 Å². The zero-order chi connectivity index (χ0) is 21.2. The summed E-state index contributed by atoms with van der Waals surface area (Å²) in [6.07, 6.45) is 9.58. The molecule has 1 aliphatic rings. The van der Waals surface area contributed by atoms with Crippen LogP contribution < -0.4 is 5.48 Å². The maximum absolute atomic E-state index is 11.8. The number of hydroxylamine groups is 1. The molecule has 164 valence electrons. The van der Waals surface area contributed by atoms with E-state index in [4.69, 9.17) is 9.73 Å². The molecule has 1 heterocycles. The lowest BCUT2D eigenvalue weighted by Gasteiger charge is -2.22. The van der Waals surface area contributed by atoms with Crippen molar-refractivity contribution in [3.05, 3.63) is 11.7 Å². The molecule has 1 aromatic heterocycles. The molecule has 1 aliphatic carbocycles. The molecule has 29 heavy (non-hydrogen) atoms. The lowest BCUT2D eigenvalue weighted by atomic mass is 9.84. The van der Waals surface area contributed by atoms with Crippen LogP contribution in [0, 0.1) is 5.92 Å². The van der Waals surface area contributed by atoms with Gasteiger partial charge in [0.25, 0.3) is 0 Å². The summed E-state index contributed by atoms with van der Waals surface area (Å²) < 4.78 is 5.42. The summed E-state index contributed by atoms with van der Waals surface area (Å²) in [5, 5.41) is 12.9. The van der Waals surface area contributed by atoms with Crippen molar-refractivity contribution in [3.8, 4) is 0 Å². The largest absolute Gasteiger partial charge is 0.348 e. The van der Waals surface area contributed by atoms with Crippen LogP contribution in [-0.2, 0) is 16.1 Å². The molecule has 0 bridgehead atoms. The highest BCUT2D eigenvalue weighted by Crippen LogP contribution is 2.31. The molecule has 1 atom stereocenters. The van der Waals surface area contributed by atoms with Crippen LogP contribution in [0.25, 0.3) is 0 Å². The third-order valence-corrected chi connectivity index (χ3v) is 5.59. The first-order valence-corrected chi connectivity index (χ1v) is 10.5. The van der Waals surface area contributed by atoms with Gasteiger partial charge in [-0.1, -0.05) is 50.1 Å². The second-order valence-electron chi connectivity index (χ2n) is 8.38. The van der Waals surface area contributed by atoms with Crippen molar-refractivity contribution < 1.29 is 19.3 Å². The number of carbonyl (C=O) groups is 2. The molecule has 9 nitrogen and oxygen atoms in total. The van der Waals surface area contributed by atoms with Crippen molar-refractivity contribution >= 4 is 11.8 Å². The number of likely N-dealkylation sites (N-methyl/N-ethyl adjacent to an activating group) is 2.